The predicted octanol–water partition coefficient (Wildman–Crippen LogP) is 4.97. The van der Waals surface area contributed by atoms with Crippen molar-refractivity contribution < 1.29 is 9.18 Å². The number of aromatic nitrogens is 3. The topological polar surface area (TPSA) is 94.9 Å². The number of hydrogen-bond acceptors (Lipinski definition) is 4. The molecule has 0 spiro atoms. The SMILES string of the molecule is Cc1cc(C(=O)Nc2cc(C(CCC3CC3)n3ccccc3=O)ccc2F)n(-c2cccc(CN)c2)n1. The van der Waals surface area contributed by atoms with E-state index >= 15 is 0 Å². The fourth-order valence-corrected chi connectivity index (χ4v) is 4.67. The number of nitrogens with two attached hydrogens (primary N) is 1. The van der Waals surface area contributed by atoms with Crippen molar-refractivity contribution in [3.8, 4) is 5.69 Å². The molecule has 5 rings (SSSR count). The molecular formula is C29H30FN5O2. The molecular weight excluding hydrogens is 469 g/mol. The van der Waals surface area contributed by atoms with Crippen LogP contribution in [-0.2, 0) is 6.54 Å². The van der Waals surface area contributed by atoms with E-state index in [-0.39, 0.29) is 23.0 Å². The monoisotopic (exact) mass is 499 g/mol. The third-order valence-electron chi connectivity index (χ3n) is 6.81. The van der Waals surface area contributed by atoms with Crippen molar-refractivity contribution in [2.24, 2.45) is 11.7 Å². The molecule has 2 heterocycles. The Kier molecular flexibility index (Phi) is 7.01. The number of rotatable bonds is 9. The minimum Gasteiger partial charge on any atom is -0.326 e. The maximum atomic E-state index is 14.9. The smallest absolute Gasteiger partial charge is 0.274 e. The summed E-state index contributed by atoms with van der Waals surface area (Å²) in [6.45, 7) is 2.16. The zero-order valence-corrected chi connectivity index (χ0v) is 20.7. The van der Waals surface area contributed by atoms with Crippen molar-refractivity contribution in [2.45, 2.75) is 45.2 Å². The normalized spacial score (nSPS) is 13.9. The predicted molar refractivity (Wildman–Crippen MR) is 141 cm³/mol. The van der Waals surface area contributed by atoms with Crippen LogP contribution in [0.15, 0.2) is 77.7 Å². The van der Waals surface area contributed by atoms with Crippen molar-refractivity contribution in [2.75, 3.05) is 5.32 Å². The zero-order chi connectivity index (χ0) is 25.9. The number of anilines is 1. The Hall–Kier alpha value is -4.04. The highest BCUT2D eigenvalue weighted by molar-refractivity contribution is 6.03. The Labute approximate surface area is 214 Å². The van der Waals surface area contributed by atoms with Crippen LogP contribution < -0.4 is 16.6 Å². The number of carbonyl (C=O) groups excluding carboxylic acids is 1. The highest BCUT2D eigenvalue weighted by Gasteiger charge is 2.25. The van der Waals surface area contributed by atoms with Gasteiger partial charge in [0.25, 0.3) is 11.5 Å². The van der Waals surface area contributed by atoms with E-state index in [9.17, 15) is 14.0 Å². The number of aryl methyl sites for hydroxylation is 1. The summed E-state index contributed by atoms with van der Waals surface area (Å²) in [4.78, 5) is 26.0. The van der Waals surface area contributed by atoms with Crippen LogP contribution in [0.2, 0.25) is 0 Å². The molecule has 2 aromatic carbocycles. The molecule has 0 saturated heterocycles. The Morgan fingerprint density at radius 1 is 1.14 bits per heavy atom. The maximum absolute atomic E-state index is 14.9. The van der Waals surface area contributed by atoms with Gasteiger partial charge >= 0.3 is 0 Å². The summed E-state index contributed by atoms with van der Waals surface area (Å²) in [5, 5.41) is 7.20. The van der Waals surface area contributed by atoms with E-state index in [4.69, 9.17) is 5.73 Å². The van der Waals surface area contributed by atoms with Crippen LogP contribution in [0.5, 0.6) is 0 Å². The maximum Gasteiger partial charge on any atom is 0.274 e. The minimum absolute atomic E-state index is 0.0593. The Balaban J connectivity index is 1.46. The van der Waals surface area contributed by atoms with Gasteiger partial charge in [0, 0.05) is 18.8 Å². The van der Waals surface area contributed by atoms with Crippen LogP contribution in [0.25, 0.3) is 5.69 Å². The molecule has 1 atom stereocenters. The number of nitrogens with zero attached hydrogens (tertiary/aromatic N) is 3. The summed E-state index contributed by atoms with van der Waals surface area (Å²) in [7, 11) is 0. The lowest BCUT2D eigenvalue weighted by atomic mass is 9.99. The fraction of sp³-hybridized carbons (Fsp3) is 0.276. The van der Waals surface area contributed by atoms with Crippen LogP contribution in [0.4, 0.5) is 10.1 Å². The molecule has 1 unspecified atom stereocenters. The largest absolute Gasteiger partial charge is 0.326 e. The molecule has 2 aromatic heterocycles. The van der Waals surface area contributed by atoms with Crippen LogP contribution in [0, 0.1) is 18.7 Å². The highest BCUT2D eigenvalue weighted by Crippen LogP contribution is 2.37. The van der Waals surface area contributed by atoms with Gasteiger partial charge in [0.15, 0.2) is 0 Å². The van der Waals surface area contributed by atoms with Crippen molar-refractivity contribution in [3.63, 3.8) is 0 Å². The highest BCUT2D eigenvalue weighted by atomic mass is 19.1. The standard InChI is InChI=1S/C29H30FN5O2/c1-19-15-27(35(33-19)23-6-4-5-21(16-23)18-31)29(37)32-25-17-22(11-12-24(25)30)26(13-10-20-8-9-20)34-14-3-2-7-28(34)36/h2-7,11-12,14-17,20,26H,8-10,13,18,31H2,1H3,(H,32,37). The molecule has 1 aliphatic carbocycles. The van der Waals surface area contributed by atoms with Gasteiger partial charge in [0.05, 0.1) is 23.1 Å². The van der Waals surface area contributed by atoms with Gasteiger partial charge in [-0.2, -0.15) is 5.10 Å². The van der Waals surface area contributed by atoms with Crippen molar-refractivity contribution in [1.82, 2.24) is 14.3 Å². The first-order valence-electron chi connectivity index (χ1n) is 12.6. The van der Waals surface area contributed by atoms with E-state index in [1.165, 1.54) is 29.7 Å². The van der Waals surface area contributed by atoms with Crippen LogP contribution >= 0.6 is 0 Å². The van der Waals surface area contributed by atoms with Gasteiger partial charge in [0.2, 0.25) is 0 Å². The second-order valence-electron chi connectivity index (χ2n) is 9.63. The van der Waals surface area contributed by atoms with Crippen LogP contribution in [0.3, 0.4) is 0 Å². The molecule has 1 saturated carbocycles. The van der Waals surface area contributed by atoms with Gasteiger partial charge in [-0.15, -0.1) is 0 Å². The molecule has 0 bridgehead atoms. The van der Waals surface area contributed by atoms with Crippen molar-refractivity contribution in [3.05, 3.63) is 112 Å². The van der Waals surface area contributed by atoms with Gasteiger partial charge in [-0.05, 0) is 73.2 Å². The summed E-state index contributed by atoms with van der Waals surface area (Å²) >= 11 is 0. The van der Waals surface area contributed by atoms with Gasteiger partial charge in [-0.25, -0.2) is 9.07 Å². The third kappa shape index (κ3) is 5.54. The average molecular weight is 500 g/mol. The van der Waals surface area contributed by atoms with Crippen molar-refractivity contribution in [1.29, 1.82) is 0 Å². The van der Waals surface area contributed by atoms with Gasteiger partial charge in [0.1, 0.15) is 11.5 Å². The molecule has 7 nitrogen and oxygen atoms in total. The number of pyridine rings is 1. The fourth-order valence-electron chi connectivity index (χ4n) is 4.67. The number of amides is 1. The number of halogens is 1. The first-order valence-corrected chi connectivity index (χ1v) is 12.6. The van der Waals surface area contributed by atoms with E-state index < -0.39 is 11.7 Å². The molecule has 37 heavy (non-hydrogen) atoms. The first kappa shape index (κ1) is 24.6. The van der Waals surface area contributed by atoms with E-state index in [1.807, 2.05) is 30.3 Å². The summed E-state index contributed by atoms with van der Waals surface area (Å²) in [5.74, 6) is -0.351. The Morgan fingerprint density at radius 2 is 1.97 bits per heavy atom. The summed E-state index contributed by atoms with van der Waals surface area (Å²) in [6.07, 6.45) is 5.94. The van der Waals surface area contributed by atoms with Gasteiger partial charge < -0.3 is 15.6 Å². The third-order valence-corrected chi connectivity index (χ3v) is 6.81. The number of carbonyl (C=O) groups is 1. The first-order chi connectivity index (χ1) is 17.9. The lowest BCUT2D eigenvalue weighted by Gasteiger charge is -2.21. The minimum atomic E-state index is -0.550. The summed E-state index contributed by atoms with van der Waals surface area (Å²) in [5.41, 5.74) is 9.03. The lowest BCUT2D eigenvalue weighted by Crippen LogP contribution is -2.24. The zero-order valence-electron chi connectivity index (χ0n) is 20.7. The lowest BCUT2D eigenvalue weighted by molar-refractivity contribution is 0.101. The molecule has 1 fully saturated rings. The van der Waals surface area contributed by atoms with E-state index in [2.05, 4.69) is 10.4 Å². The summed E-state index contributed by atoms with van der Waals surface area (Å²) < 4.78 is 18.1. The van der Waals surface area contributed by atoms with Gasteiger partial charge in [-0.1, -0.05) is 37.1 Å². The molecule has 8 heteroatoms. The number of hydrogen-bond donors (Lipinski definition) is 2. The Bertz CT molecular complexity index is 1490. The molecule has 1 amide bonds. The van der Waals surface area contributed by atoms with Gasteiger partial charge in [-0.3, -0.25) is 9.59 Å². The molecule has 0 aliphatic heterocycles. The average Bonchev–Trinajstić information content (AvgIpc) is 3.65. The Morgan fingerprint density at radius 3 is 2.73 bits per heavy atom. The number of nitrogens with one attached hydrogen (secondary N) is 1. The van der Waals surface area contributed by atoms with E-state index in [0.717, 1.165) is 24.0 Å². The van der Waals surface area contributed by atoms with Crippen molar-refractivity contribution >= 4 is 11.6 Å². The molecule has 0 radical (unpaired) electrons. The second-order valence-corrected chi connectivity index (χ2v) is 9.63. The van der Waals surface area contributed by atoms with E-state index in [1.54, 1.807) is 42.0 Å². The molecule has 3 N–H and O–H groups in total. The van der Waals surface area contributed by atoms with Crippen LogP contribution in [-0.4, -0.2) is 20.3 Å². The molecule has 190 valence electrons. The molecule has 4 aromatic rings. The van der Waals surface area contributed by atoms with Crippen LogP contribution in [0.1, 0.15) is 59.0 Å². The number of benzene rings is 2. The second kappa shape index (κ2) is 10.5. The van der Waals surface area contributed by atoms with E-state index in [0.29, 0.717) is 23.8 Å². The quantitative estimate of drug-likeness (QED) is 0.340. The molecule has 1 aliphatic rings. The summed E-state index contributed by atoms with van der Waals surface area (Å²) in [6, 6.07) is 18.6.